The lowest BCUT2D eigenvalue weighted by Crippen LogP contribution is -2.57. The van der Waals surface area contributed by atoms with Gasteiger partial charge in [-0.3, -0.25) is 4.79 Å². The smallest absolute Gasteiger partial charge is 0.307 e. The summed E-state index contributed by atoms with van der Waals surface area (Å²) in [5.41, 5.74) is 1.41. The molecule has 204 valence electrons. The Balaban J connectivity index is 1.35. The van der Waals surface area contributed by atoms with Crippen molar-refractivity contribution in [3.8, 4) is 0 Å². The van der Waals surface area contributed by atoms with Gasteiger partial charge in [-0.05, 0) is 104 Å². The topological polar surface area (TPSA) is 46.5 Å². The molecule has 0 amide bonds. The van der Waals surface area contributed by atoms with Crippen molar-refractivity contribution in [2.24, 2.45) is 57.7 Å². The van der Waals surface area contributed by atoms with Crippen LogP contribution in [0.4, 0.5) is 0 Å². The Morgan fingerprint density at radius 1 is 1.06 bits per heavy atom. The average Bonchev–Trinajstić information content (AvgIpc) is 3.31. The molecule has 3 nitrogen and oxygen atoms in total. The summed E-state index contributed by atoms with van der Waals surface area (Å²) < 4.78 is 6.31. The standard InChI is InChI=1S/C32H54O3Si/c1-20(10-11-21(2)31(5,28(33)34)36(7,8)9)24-12-13-25-23-18-27(35-6)32-19-22(32)14-17-30(32,4)26(23)15-16-29(24,25)3/h10-11,20-27H,12-19H2,1-9H3,(H,33,34)/b11-10+/t20-,21-,22+,23+,24-,25+,26+,27-,29-,30-,31+,32+/m1/s1. The molecule has 36 heavy (non-hydrogen) atoms. The minimum atomic E-state index is -1.90. The van der Waals surface area contributed by atoms with Gasteiger partial charge in [0.15, 0.2) is 0 Å². The monoisotopic (exact) mass is 514 g/mol. The Morgan fingerprint density at radius 2 is 1.75 bits per heavy atom. The SMILES string of the molecule is CO[C@@H]1C[C@H]2[C@@H]3CC[C@H]([C@H](C)/C=C/[C@@H](C)[C@@](C)(C(=O)O)[Si](C)(C)C)[C@@]3(C)CC[C@@H]2[C@@]2(C)CC[C@H]3C[C@]312. The zero-order valence-electron chi connectivity index (χ0n) is 24.7. The Hall–Kier alpha value is -0.613. The Labute approximate surface area is 222 Å². The molecule has 0 bridgehead atoms. The average molecular weight is 515 g/mol. The predicted octanol–water partition coefficient (Wildman–Crippen LogP) is 8.28. The van der Waals surface area contributed by atoms with Crippen molar-refractivity contribution < 1.29 is 14.6 Å². The van der Waals surface area contributed by atoms with E-state index in [9.17, 15) is 9.90 Å². The zero-order chi connectivity index (χ0) is 26.5. The van der Waals surface area contributed by atoms with E-state index in [-0.39, 0.29) is 5.92 Å². The van der Waals surface area contributed by atoms with E-state index >= 15 is 0 Å². The van der Waals surface area contributed by atoms with Gasteiger partial charge < -0.3 is 9.84 Å². The number of carboxylic acids is 1. The van der Waals surface area contributed by atoms with Crippen molar-refractivity contribution in [3.63, 3.8) is 0 Å². The Bertz CT molecular complexity index is 923. The van der Waals surface area contributed by atoms with Crippen molar-refractivity contribution in [2.45, 2.75) is 117 Å². The van der Waals surface area contributed by atoms with Crippen LogP contribution in [0.3, 0.4) is 0 Å². The first-order chi connectivity index (χ1) is 16.7. The van der Waals surface area contributed by atoms with Gasteiger partial charge in [0.1, 0.15) is 0 Å². The molecule has 0 aromatic rings. The van der Waals surface area contributed by atoms with E-state index in [2.05, 4.69) is 59.5 Å². The van der Waals surface area contributed by atoms with Gasteiger partial charge in [-0.25, -0.2) is 0 Å². The summed E-state index contributed by atoms with van der Waals surface area (Å²) in [7, 11) is 0.0962. The van der Waals surface area contributed by atoms with Crippen LogP contribution in [0.2, 0.25) is 24.7 Å². The summed E-state index contributed by atoms with van der Waals surface area (Å²) in [5.74, 6) is 4.12. The summed E-state index contributed by atoms with van der Waals surface area (Å²) in [6.07, 6.45) is 16.3. The van der Waals surface area contributed by atoms with Crippen LogP contribution in [-0.2, 0) is 9.53 Å². The summed E-state index contributed by atoms with van der Waals surface area (Å²) in [6, 6.07) is 0. The largest absolute Gasteiger partial charge is 0.481 e. The molecule has 5 rings (SSSR count). The van der Waals surface area contributed by atoms with E-state index in [1.165, 1.54) is 51.4 Å². The van der Waals surface area contributed by atoms with E-state index in [0.29, 0.717) is 34.2 Å². The van der Waals surface area contributed by atoms with Crippen LogP contribution in [0, 0.1) is 57.7 Å². The third-order valence-electron chi connectivity index (χ3n) is 14.2. The van der Waals surface area contributed by atoms with Gasteiger partial charge in [0.25, 0.3) is 0 Å². The fraction of sp³-hybridized carbons (Fsp3) is 0.906. The number of hydrogen-bond donors (Lipinski definition) is 1. The maximum atomic E-state index is 12.4. The minimum Gasteiger partial charge on any atom is -0.481 e. The van der Waals surface area contributed by atoms with Crippen LogP contribution in [0.25, 0.3) is 0 Å². The normalized spacial score (nSPS) is 48.9. The molecule has 4 heteroatoms. The number of hydrogen-bond acceptors (Lipinski definition) is 2. The van der Waals surface area contributed by atoms with Crippen molar-refractivity contribution in [2.75, 3.05) is 7.11 Å². The first-order valence-corrected chi connectivity index (χ1v) is 18.6. The summed E-state index contributed by atoms with van der Waals surface area (Å²) in [5, 5.41) is 9.52. The Kier molecular flexibility index (Phi) is 6.32. The Morgan fingerprint density at radius 3 is 2.33 bits per heavy atom. The van der Waals surface area contributed by atoms with Crippen molar-refractivity contribution in [1.29, 1.82) is 0 Å². The molecule has 0 aromatic carbocycles. The van der Waals surface area contributed by atoms with Gasteiger partial charge in [0.2, 0.25) is 0 Å². The van der Waals surface area contributed by atoms with Crippen LogP contribution in [0.15, 0.2) is 12.2 Å². The molecule has 5 aliphatic carbocycles. The maximum absolute atomic E-state index is 12.4. The lowest BCUT2D eigenvalue weighted by atomic mass is 9.45. The van der Waals surface area contributed by atoms with Crippen molar-refractivity contribution in [1.82, 2.24) is 0 Å². The van der Waals surface area contributed by atoms with E-state index < -0.39 is 19.1 Å². The first kappa shape index (κ1) is 27.0. The highest BCUT2D eigenvalue weighted by atomic mass is 28.3. The number of fused-ring (bicyclic) bond motifs is 4. The molecule has 5 saturated carbocycles. The number of carbonyl (C=O) groups is 1. The molecule has 0 radical (unpaired) electrons. The van der Waals surface area contributed by atoms with Crippen LogP contribution in [0.1, 0.15) is 86.0 Å². The number of methoxy groups -OCH3 is 1. The van der Waals surface area contributed by atoms with Gasteiger partial charge in [-0.15, -0.1) is 0 Å². The van der Waals surface area contributed by atoms with Gasteiger partial charge in [0, 0.05) is 12.5 Å². The molecule has 0 saturated heterocycles. The summed E-state index contributed by atoms with van der Waals surface area (Å²) in [4.78, 5) is 12.4. The lowest BCUT2D eigenvalue weighted by Gasteiger charge is -2.61. The van der Waals surface area contributed by atoms with Gasteiger partial charge in [-0.2, -0.15) is 0 Å². The second-order valence-electron chi connectivity index (χ2n) is 15.8. The molecular weight excluding hydrogens is 460 g/mol. The number of rotatable bonds is 7. The molecule has 0 aromatic heterocycles. The lowest BCUT2D eigenvalue weighted by molar-refractivity contribution is -0.160. The summed E-state index contributed by atoms with van der Waals surface area (Å²) in [6.45, 7) is 18.4. The molecule has 0 aliphatic heterocycles. The number of allylic oxidation sites excluding steroid dienone is 2. The van der Waals surface area contributed by atoms with E-state index in [4.69, 9.17) is 4.74 Å². The second kappa shape index (κ2) is 8.44. The van der Waals surface area contributed by atoms with E-state index in [1.807, 2.05) is 14.0 Å². The quantitative estimate of drug-likeness (QED) is 0.275. The van der Waals surface area contributed by atoms with Crippen molar-refractivity contribution in [3.05, 3.63) is 12.2 Å². The highest BCUT2D eigenvalue weighted by molar-refractivity contribution is 6.82. The van der Waals surface area contributed by atoms with Gasteiger partial charge in [-0.1, -0.05) is 66.4 Å². The maximum Gasteiger partial charge on any atom is 0.307 e. The van der Waals surface area contributed by atoms with Crippen molar-refractivity contribution >= 4 is 14.0 Å². The van der Waals surface area contributed by atoms with Gasteiger partial charge in [0.05, 0.1) is 19.2 Å². The van der Waals surface area contributed by atoms with Gasteiger partial charge >= 0.3 is 5.97 Å². The third-order valence-corrected chi connectivity index (χ3v) is 17.9. The molecule has 5 fully saturated rings. The molecule has 0 unspecified atom stereocenters. The van der Waals surface area contributed by atoms with E-state index in [1.54, 1.807) is 0 Å². The number of carboxylic acid groups (broad SMARTS) is 1. The van der Waals surface area contributed by atoms with Crippen LogP contribution < -0.4 is 0 Å². The van der Waals surface area contributed by atoms with Crippen LogP contribution in [-0.4, -0.2) is 32.4 Å². The third kappa shape index (κ3) is 3.34. The van der Waals surface area contributed by atoms with Crippen LogP contribution in [0.5, 0.6) is 0 Å². The fourth-order valence-corrected chi connectivity index (χ4v) is 13.5. The highest BCUT2D eigenvalue weighted by Crippen LogP contribution is 2.82. The first-order valence-electron chi connectivity index (χ1n) is 15.1. The van der Waals surface area contributed by atoms with Crippen LogP contribution >= 0.6 is 0 Å². The fourth-order valence-electron chi connectivity index (χ4n) is 11.3. The molecule has 5 aliphatic rings. The molecule has 12 atom stereocenters. The van der Waals surface area contributed by atoms with E-state index in [0.717, 1.165) is 23.7 Å². The molecule has 0 heterocycles. The summed E-state index contributed by atoms with van der Waals surface area (Å²) >= 11 is 0. The minimum absolute atomic E-state index is 0.0515. The second-order valence-corrected chi connectivity index (χ2v) is 21.3. The molecular formula is C32H54O3Si. The molecule has 1 N–H and O–H groups in total. The number of ether oxygens (including phenoxy) is 1. The number of aliphatic carboxylic acids is 1. The predicted molar refractivity (Wildman–Crippen MR) is 151 cm³/mol. The highest BCUT2D eigenvalue weighted by Gasteiger charge is 2.77. The zero-order valence-corrected chi connectivity index (χ0v) is 25.7. The molecule has 1 spiro atoms.